The standard InChI is InChI=1S/C17H21N3O2S2/c1-3-9-20-16(22)14-13(8-10-23-14)19-17(20)24-11(2)15(21)18-12-6-4-5-7-12/h3,8,10-12H,1,4-7,9H2,2H3,(H,18,21)/t11-/m1/s1. The summed E-state index contributed by atoms with van der Waals surface area (Å²) in [6.45, 7) is 5.96. The second-order valence-corrected chi connectivity index (χ2v) is 8.21. The van der Waals surface area contributed by atoms with E-state index in [9.17, 15) is 9.59 Å². The van der Waals surface area contributed by atoms with Crippen LogP contribution in [0.5, 0.6) is 0 Å². The Morgan fingerprint density at radius 2 is 2.33 bits per heavy atom. The number of carbonyl (C=O) groups is 1. The first-order valence-corrected chi connectivity index (χ1v) is 9.92. The summed E-state index contributed by atoms with van der Waals surface area (Å²) >= 11 is 2.72. The minimum absolute atomic E-state index is 0.0108. The maximum atomic E-state index is 12.6. The van der Waals surface area contributed by atoms with Crippen molar-refractivity contribution < 1.29 is 4.79 Å². The van der Waals surface area contributed by atoms with Crippen LogP contribution in [-0.2, 0) is 11.3 Å². The highest BCUT2D eigenvalue weighted by Gasteiger charge is 2.23. The van der Waals surface area contributed by atoms with Crippen molar-refractivity contribution in [3.63, 3.8) is 0 Å². The van der Waals surface area contributed by atoms with Gasteiger partial charge >= 0.3 is 0 Å². The second-order valence-electron chi connectivity index (χ2n) is 5.98. The van der Waals surface area contributed by atoms with Crippen molar-refractivity contribution >= 4 is 39.2 Å². The number of fused-ring (bicyclic) bond motifs is 1. The Hall–Kier alpha value is -1.60. The minimum atomic E-state index is -0.301. The number of nitrogens with zero attached hydrogens (tertiary/aromatic N) is 2. The summed E-state index contributed by atoms with van der Waals surface area (Å²) in [6.07, 6.45) is 6.16. The Bertz CT molecular complexity index is 806. The lowest BCUT2D eigenvalue weighted by atomic mass is 10.2. The largest absolute Gasteiger partial charge is 0.352 e. The first kappa shape index (κ1) is 17.2. The predicted molar refractivity (Wildman–Crippen MR) is 99.8 cm³/mol. The number of aromatic nitrogens is 2. The van der Waals surface area contributed by atoms with E-state index in [4.69, 9.17) is 0 Å². The molecule has 0 saturated heterocycles. The maximum absolute atomic E-state index is 12.6. The molecule has 0 aliphatic heterocycles. The molecule has 3 rings (SSSR count). The molecular formula is C17H21N3O2S2. The van der Waals surface area contributed by atoms with Crippen molar-refractivity contribution in [2.45, 2.75) is 55.6 Å². The lowest BCUT2D eigenvalue weighted by Crippen LogP contribution is -2.38. The monoisotopic (exact) mass is 363 g/mol. The van der Waals surface area contributed by atoms with Crippen molar-refractivity contribution in [3.8, 4) is 0 Å². The SMILES string of the molecule is C=CCn1c(S[C@H](C)C(=O)NC2CCCC2)nc2ccsc2c1=O. The first-order valence-electron chi connectivity index (χ1n) is 8.16. The summed E-state index contributed by atoms with van der Waals surface area (Å²) in [6, 6.07) is 2.13. The van der Waals surface area contributed by atoms with Crippen LogP contribution in [-0.4, -0.2) is 26.8 Å². The third-order valence-corrected chi connectivity index (χ3v) is 6.18. The van der Waals surface area contributed by atoms with Crippen molar-refractivity contribution in [1.82, 2.24) is 14.9 Å². The van der Waals surface area contributed by atoms with Crippen LogP contribution < -0.4 is 10.9 Å². The zero-order chi connectivity index (χ0) is 17.1. The third-order valence-electron chi connectivity index (χ3n) is 4.20. The molecule has 5 nitrogen and oxygen atoms in total. The van der Waals surface area contributed by atoms with E-state index in [1.54, 1.807) is 10.6 Å². The van der Waals surface area contributed by atoms with Gasteiger partial charge in [-0.2, -0.15) is 0 Å². The molecule has 1 fully saturated rings. The Morgan fingerprint density at radius 1 is 1.58 bits per heavy atom. The molecule has 2 aromatic heterocycles. The predicted octanol–water partition coefficient (Wildman–Crippen LogP) is 3.18. The van der Waals surface area contributed by atoms with E-state index in [0.29, 0.717) is 28.0 Å². The van der Waals surface area contributed by atoms with Crippen molar-refractivity contribution in [2.75, 3.05) is 0 Å². The molecule has 1 saturated carbocycles. The molecule has 0 bridgehead atoms. The highest BCUT2D eigenvalue weighted by molar-refractivity contribution is 8.00. The zero-order valence-corrected chi connectivity index (χ0v) is 15.3. The zero-order valence-electron chi connectivity index (χ0n) is 13.7. The van der Waals surface area contributed by atoms with Gasteiger partial charge < -0.3 is 5.32 Å². The minimum Gasteiger partial charge on any atom is -0.352 e. The third kappa shape index (κ3) is 3.57. The van der Waals surface area contributed by atoms with Crippen LogP contribution in [0.3, 0.4) is 0 Å². The number of rotatable bonds is 6. The first-order chi connectivity index (χ1) is 11.6. The lowest BCUT2D eigenvalue weighted by Gasteiger charge is -2.17. The van der Waals surface area contributed by atoms with Crippen LogP contribution in [0, 0.1) is 0 Å². The van der Waals surface area contributed by atoms with Gasteiger partial charge in [-0.3, -0.25) is 14.2 Å². The van der Waals surface area contributed by atoms with Crippen LogP contribution in [0.25, 0.3) is 10.2 Å². The number of hydrogen-bond acceptors (Lipinski definition) is 5. The molecule has 128 valence electrons. The lowest BCUT2D eigenvalue weighted by molar-refractivity contribution is -0.120. The summed E-state index contributed by atoms with van der Waals surface area (Å²) in [5.74, 6) is 0.0108. The Balaban J connectivity index is 1.82. The van der Waals surface area contributed by atoms with E-state index in [1.807, 2.05) is 18.4 Å². The molecule has 7 heteroatoms. The molecule has 2 heterocycles. The number of carbonyl (C=O) groups excluding carboxylic acids is 1. The van der Waals surface area contributed by atoms with Crippen molar-refractivity contribution in [2.24, 2.45) is 0 Å². The van der Waals surface area contributed by atoms with E-state index in [1.165, 1.54) is 35.9 Å². The Kier molecular flexibility index (Phi) is 5.40. The number of allylic oxidation sites excluding steroid dienone is 1. The van der Waals surface area contributed by atoms with Gasteiger partial charge in [-0.1, -0.05) is 30.7 Å². The van der Waals surface area contributed by atoms with Crippen LogP contribution in [0.15, 0.2) is 34.1 Å². The maximum Gasteiger partial charge on any atom is 0.272 e. The smallest absolute Gasteiger partial charge is 0.272 e. The Morgan fingerprint density at radius 3 is 3.04 bits per heavy atom. The van der Waals surface area contributed by atoms with Gasteiger partial charge in [0.1, 0.15) is 4.70 Å². The number of nitrogens with one attached hydrogen (secondary N) is 1. The van der Waals surface area contributed by atoms with Gasteiger partial charge in [-0.15, -0.1) is 17.9 Å². The average Bonchev–Trinajstić information content (AvgIpc) is 3.22. The van der Waals surface area contributed by atoms with Crippen LogP contribution >= 0.6 is 23.1 Å². The molecule has 0 radical (unpaired) electrons. The number of thiophene rings is 1. The summed E-state index contributed by atoms with van der Waals surface area (Å²) in [5.41, 5.74) is 0.622. The molecule has 1 aliphatic carbocycles. The summed E-state index contributed by atoms with van der Waals surface area (Å²) < 4.78 is 2.24. The van der Waals surface area contributed by atoms with Gasteiger partial charge in [-0.05, 0) is 31.2 Å². The molecule has 0 spiro atoms. The van der Waals surface area contributed by atoms with Gasteiger partial charge in [0.2, 0.25) is 5.91 Å². The van der Waals surface area contributed by atoms with E-state index in [0.717, 1.165) is 12.8 Å². The van der Waals surface area contributed by atoms with Gasteiger partial charge in [-0.25, -0.2) is 4.98 Å². The molecule has 24 heavy (non-hydrogen) atoms. The fourth-order valence-corrected chi connectivity index (χ4v) is 4.61. The quantitative estimate of drug-likeness (QED) is 0.486. The van der Waals surface area contributed by atoms with E-state index in [2.05, 4.69) is 16.9 Å². The fourth-order valence-electron chi connectivity index (χ4n) is 2.90. The Labute approximate surface area is 149 Å². The molecule has 0 unspecified atom stereocenters. The molecule has 1 amide bonds. The van der Waals surface area contributed by atoms with Gasteiger partial charge in [0, 0.05) is 12.6 Å². The van der Waals surface area contributed by atoms with Gasteiger partial charge in [0.25, 0.3) is 5.56 Å². The summed E-state index contributed by atoms with van der Waals surface area (Å²) in [7, 11) is 0. The molecule has 2 aromatic rings. The van der Waals surface area contributed by atoms with Gasteiger partial charge in [0.05, 0.1) is 10.8 Å². The van der Waals surface area contributed by atoms with Gasteiger partial charge in [0.15, 0.2) is 5.16 Å². The fraction of sp³-hybridized carbons (Fsp3) is 0.471. The van der Waals surface area contributed by atoms with E-state index < -0.39 is 0 Å². The van der Waals surface area contributed by atoms with Crippen LogP contribution in [0.2, 0.25) is 0 Å². The van der Waals surface area contributed by atoms with E-state index in [-0.39, 0.29) is 16.7 Å². The molecule has 0 aromatic carbocycles. The number of thioether (sulfide) groups is 1. The highest BCUT2D eigenvalue weighted by atomic mass is 32.2. The molecule has 1 N–H and O–H groups in total. The second kappa shape index (κ2) is 7.53. The van der Waals surface area contributed by atoms with E-state index >= 15 is 0 Å². The van der Waals surface area contributed by atoms with Crippen molar-refractivity contribution in [3.05, 3.63) is 34.5 Å². The number of amides is 1. The highest BCUT2D eigenvalue weighted by Crippen LogP contribution is 2.25. The number of hydrogen-bond donors (Lipinski definition) is 1. The van der Waals surface area contributed by atoms with Crippen molar-refractivity contribution in [1.29, 1.82) is 0 Å². The molecule has 1 atom stereocenters. The molecular weight excluding hydrogens is 342 g/mol. The topological polar surface area (TPSA) is 64.0 Å². The summed E-state index contributed by atoms with van der Waals surface area (Å²) in [4.78, 5) is 29.6. The normalized spacial score (nSPS) is 16.4. The van der Waals surface area contributed by atoms with Crippen LogP contribution in [0.4, 0.5) is 0 Å². The summed E-state index contributed by atoms with van der Waals surface area (Å²) in [5, 5.41) is 5.24. The molecule has 1 aliphatic rings. The average molecular weight is 364 g/mol. The van der Waals surface area contributed by atoms with Crippen LogP contribution in [0.1, 0.15) is 32.6 Å².